The van der Waals surface area contributed by atoms with Crippen molar-refractivity contribution in [1.29, 1.82) is 0 Å². The van der Waals surface area contributed by atoms with E-state index in [-0.39, 0.29) is 10.8 Å². The zero-order chi connectivity index (χ0) is 26.5. The maximum absolute atomic E-state index is 12.4. The van der Waals surface area contributed by atoms with Gasteiger partial charge in [-0.05, 0) is 60.8 Å². The molecule has 3 aromatic rings. The van der Waals surface area contributed by atoms with Crippen LogP contribution in [0.1, 0.15) is 5.76 Å². The molecule has 1 aliphatic rings. The van der Waals surface area contributed by atoms with Gasteiger partial charge < -0.3 is 19.0 Å². The van der Waals surface area contributed by atoms with Crippen LogP contribution < -0.4 is 15.0 Å². The summed E-state index contributed by atoms with van der Waals surface area (Å²) < 4.78 is 10.9. The molecule has 9 nitrogen and oxygen atoms in total. The number of halogens is 2. The van der Waals surface area contributed by atoms with Gasteiger partial charge in [0.05, 0.1) is 18.1 Å². The largest absolute Gasteiger partial charge is 0.496 e. The number of nitrogens with one attached hydrogen (secondary N) is 1. The van der Waals surface area contributed by atoms with Gasteiger partial charge in [-0.1, -0.05) is 23.2 Å². The number of anilines is 1. The molecule has 1 saturated heterocycles. The summed E-state index contributed by atoms with van der Waals surface area (Å²) in [5.41, 5.74) is 1.22. The minimum Gasteiger partial charge on any atom is -0.496 e. The van der Waals surface area contributed by atoms with Gasteiger partial charge in [0.1, 0.15) is 23.0 Å². The molecule has 1 aromatic heterocycles. The number of furan rings is 1. The molecule has 4 rings (SSSR count). The number of rotatable bonds is 6. The summed E-state index contributed by atoms with van der Waals surface area (Å²) in [4.78, 5) is 27.3. The molecule has 0 saturated carbocycles. The van der Waals surface area contributed by atoms with Crippen molar-refractivity contribution in [2.45, 2.75) is 0 Å². The highest BCUT2D eigenvalue weighted by Crippen LogP contribution is 2.33. The number of benzene rings is 2. The first-order chi connectivity index (χ1) is 17.7. The van der Waals surface area contributed by atoms with Crippen molar-refractivity contribution in [2.24, 2.45) is 0 Å². The first-order valence-electron chi connectivity index (χ1n) is 11.1. The van der Waals surface area contributed by atoms with Crippen LogP contribution in [0.2, 0.25) is 10.0 Å². The van der Waals surface area contributed by atoms with E-state index in [4.69, 9.17) is 44.6 Å². The Morgan fingerprint density at radius 3 is 2.46 bits per heavy atom. The maximum atomic E-state index is 12.4. The number of piperazine rings is 1. The Hall–Kier alpha value is -3.60. The molecule has 1 N–H and O–H groups in total. The summed E-state index contributed by atoms with van der Waals surface area (Å²) in [6.45, 7) is 1.99. The molecule has 0 spiro atoms. The number of nitro benzene ring substituents is 1. The van der Waals surface area contributed by atoms with Crippen LogP contribution in [-0.2, 0) is 4.79 Å². The number of methoxy groups -OCH3 is 1. The molecule has 1 amide bonds. The lowest BCUT2D eigenvalue weighted by molar-refractivity contribution is -0.384. The van der Waals surface area contributed by atoms with Crippen LogP contribution in [0.15, 0.2) is 59.0 Å². The van der Waals surface area contributed by atoms with Gasteiger partial charge in [-0.15, -0.1) is 0 Å². The highest BCUT2D eigenvalue weighted by molar-refractivity contribution is 7.80. The molecule has 2 aromatic carbocycles. The van der Waals surface area contributed by atoms with Gasteiger partial charge in [-0.2, -0.15) is 0 Å². The molecule has 1 fully saturated rings. The van der Waals surface area contributed by atoms with Crippen LogP contribution in [0.5, 0.6) is 5.75 Å². The van der Waals surface area contributed by atoms with Crippen molar-refractivity contribution in [2.75, 3.05) is 38.2 Å². The second kappa shape index (κ2) is 11.6. The summed E-state index contributed by atoms with van der Waals surface area (Å²) in [5.74, 6) is 1.06. The third kappa shape index (κ3) is 6.59. The fraction of sp³-hybridized carbons (Fsp3) is 0.200. The quantitative estimate of drug-likeness (QED) is 0.185. The fourth-order valence-electron chi connectivity index (χ4n) is 3.87. The number of carbonyl (C=O) groups is 1. The van der Waals surface area contributed by atoms with E-state index < -0.39 is 10.8 Å². The number of carbonyl (C=O) groups excluding carboxylic acids is 1. The number of hydrogen-bond donors (Lipinski definition) is 1. The molecule has 37 heavy (non-hydrogen) atoms. The topological polar surface area (TPSA) is 101 Å². The number of ether oxygens (including phenoxy) is 1. The Morgan fingerprint density at radius 2 is 1.81 bits per heavy atom. The standard InChI is InChI=1S/C25H22Cl2N4O5S/c1-35-20-2-5-21(22(15-20)31(33)34)29-8-10-30(11-9-29)25(37)28-24(32)7-4-19-3-6-23(36-19)16-12-17(26)14-18(27)13-16/h2-7,12-15H,8-11H2,1H3,(H,28,32,37)/b7-4+. The van der Waals surface area contributed by atoms with E-state index in [2.05, 4.69) is 5.32 Å². The number of nitrogens with zero attached hydrogens (tertiary/aromatic N) is 3. The summed E-state index contributed by atoms with van der Waals surface area (Å²) in [6, 6.07) is 13.4. The smallest absolute Gasteiger partial charge is 0.296 e. The number of amides is 1. The second-order valence-electron chi connectivity index (χ2n) is 8.07. The van der Waals surface area contributed by atoms with Crippen molar-refractivity contribution in [3.63, 3.8) is 0 Å². The Labute approximate surface area is 228 Å². The van der Waals surface area contributed by atoms with Gasteiger partial charge in [0, 0.05) is 47.9 Å². The van der Waals surface area contributed by atoms with Crippen LogP contribution in [0.25, 0.3) is 17.4 Å². The fourth-order valence-corrected chi connectivity index (χ4v) is 4.68. The van der Waals surface area contributed by atoms with Gasteiger partial charge in [0.25, 0.3) is 5.69 Å². The minimum atomic E-state index is -0.423. The van der Waals surface area contributed by atoms with Crippen molar-refractivity contribution in [3.8, 4) is 17.1 Å². The van der Waals surface area contributed by atoms with Crippen molar-refractivity contribution < 1.29 is 18.9 Å². The van der Waals surface area contributed by atoms with Crippen LogP contribution in [0.3, 0.4) is 0 Å². The molecule has 12 heteroatoms. The monoisotopic (exact) mass is 560 g/mol. The molecule has 2 heterocycles. The first kappa shape index (κ1) is 26.5. The average Bonchev–Trinajstić information content (AvgIpc) is 3.36. The summed E-state index contributed by atoms with van der Waals surface area (Å²) in [7, 11) is 1.46. The van der Waals surface area contributed by atoms with Gasteiger partial charge in [-0.25, -0.2) is 0 Å². The minimum absolute atomic E-state index is 0.0200. The zero-order valence-corrected chi connectivity index (χ0v) is 22.0. The lowest BCUT2D eigenvalue weighted by atomic mass is 10.2. The van der Waals surface area contributed by atoms with Crippen LogP contribution in [0, 0.1) is 10.1 Å². The number of nitro groups is 1. The Bertz CT molecular complexity index is 1350. The summed E-state index contributed by atoms with van der Waals surface area (Å²) in [5, 5.41) is 15.5. The molecule has 0 atom stereocenters. The van der Waals surface area contributed by atoms with Crippen molar-refractivity contribution in [3.05, 3.63) is 80.5 Å². The van der Waals surface area contributed by atoms with Gasteiger partial charge in [-0.3, -0.25) is 20.2 Å². The second-order valence-corrected chi connectivity index (χ2v) is 9.33. The number of hydrogen-bond acceptors (Lipinski definition) is 7. The van der Waals surface area contributed by atoms with Crippen LogP contribution >= 0.6 is 35.4 Å². The van der Waals surface area contributed by atoms with Gasteiger partial charge in [0.2, 0.25) is 5.91 Å². The lowest BCUT2D eigenvalue weighted by Gasteiger charge is -2.36. The third-order valence-electron chi connectivity index (χ3n) is 5.69. The van der Waals surface area contributed by atoms with E-state index in [1.807, 2.05) is 9.80 Å². The molecule has 0 radical (unpaired) electrons. The van der Waals surface area contributed by atoms with E-state index in [1.54, 1.807) is 42.5 Å². The predicted molar refractivity (Wildman–Crippen MR) is 147 cm³/mol. The van der Waals surface area contributed by atoms with Gasteiger partial charge >= 0.3 is 0 Å². The third-order valence-corrected chi connectivity index (χ3v) is 6.49. The molecular formula is C25H22Cl2N4O5S. The number of thiocarbonyl (C=S) groups is 1. The van der Waals surface area contributed by atoms with E-state index in [0.717, 1.165) is 5.56 Å². The van der Waals surface area contributed by atoms with Gasteiger partial charge in [0.15, 0.2) is 5.11 Å². The average molecular weight is 561 g/mol. The Balaban J connectivity index is 1.31. The molecule has 0 unspecified atom stereocenters. The zero-order valence-electron chi connectivity index (χ0n) is 19.6. The van der Waals surface area contributed by atoms with E-state index in [9.17, 15) is 14.9 Å². The predicted octanol–water partition coefficient (Wildman–Crippen LogP) is 5.41. The Kier molecular flexibility index (Phi) is 8.32. The normalized spacial score (nSPS) is 13.6. The Morgan fingerprint density at radius 1 is 1.11 bits per heavy atom. The first-order valence-corrected chi connectivity index (χ1v) is 12.3. The van der Waals surface area contributed by atoms with Crippen LogP contribution in [-0.4, -0.2) is 54.1 Å². The maximum Gasteiger partial charge on any atom is 0.296 e. The highest BCUT2D eigenvalue weighted by atomic mass is 35.5. The van der Waals surface area contributed by atoms with Crippen LogP contribution in [0.4, 0.5) is 11.4 Å². The summed E-state index contributed by atoms with van der Waals surface area (Å²) in [6.07, 6.45) is 2.87. The van der Waals surface area contributed by atoms with Crippen molar-refractivity contribution >= 4 is 63.9 Å². The van der Waals surface area contributed by atoms with E-state index in [1.165, 1.54) is 25.3 Å². The SMILES string of the molecule is COc1ccc(N2CCN(C(=S)NC(=O)/C=C/c3ccc(-c4cc(Cl)cc(Cl)c4)o3)CC2)c([N+](=O)[O-])c1. The molecule has 0 aliphatic carbocycles. The molecule has 192 valence electrons. The molecule has 0 bridgehead atoms. The van der Waals surface area contributed by atoms with E-state index >= 15 is 0 Å². The summed E-state index contributed by atoms with van der Waals surface area (Å²) >= 11 is 17.5. The molecular weight excluding hydrogens is 539 g/mol. The van der Waals surface area contributed by atoms with E-state index in [0.29, 0.717) is 59.2 Å². The highest BCUT2D eigenvalue weighted by Gasteiger charge is 2.25. The van der Waals surface area contributed by atoms with Crippen molar-refractivity contribution in [1.82, 2.24) is 10.2 Å². The lowest BCUT2D eigenvalue weighted by Crippen LogP contribution is -2.52. The molecule has 1 aliphatic heterocycles.